The normalized spacial score (nSPS) is 16.7. The molecule has 1 atom stereocenters. The number of aromatic nitrogens is 1. The molecule has 2 aromatic rings. The van der Waals surface area contributed by atoms with Gasteiger partial charge in [-0.25, -0.2) is 13.4 Å². The molecule has 1 aliphatic heterocycles. The lowest BCUT2D eigenvalue weighted by molar-refractivity contribution is 0.340. The Labute approximate surface area is 161 Å². The molecule has 6 nitrogen and oxygen atoms in total. The van der Waals surface area contributed by atoms with E-state index in [1.165, 1.54) is 6.20 Å². The van der Waals surface area contributed by atoms with Crippen molar-refractivity contribution in [2.75, 3.05) is 25.0 Å². The number of benzene rings is 1. The fourth-order valence-electron chi connectivity index (χ4n) is 3.22. The molecule has 2 heterocycles. The van der Waals surface area contributed by atoms with Crippen molar-refractivity contribution in [3.8, 4) is 5.75 Å². The number of hydrogen-bond acceptors (Lipinski definition) is 5. The first-order valence-corrected chi connectivity index (χ1v) is 10.9. The Hall–Kier alpha value is -2.12. The van der Waals surface area contributed by atoms with Crippen molar-refractivity contribution >= 4 is 15.8 Å². The van der Waals surface area contributed by atoms with E-state index in [2.05, 4.69) is 10.3 Å². The molecular weight excluding hydrogens is 362 g/mol. The minimum atomic E-state index is -3.44. The number of pyridine rings is 1. The zero-order chi connectivity index (χ0) is 19.3. The van der Waals surface area contributed by atoms with E-state index in [1.807, 2.05) is 38.1 Å². The smallest absolute Gasteiger partial charge is 0.244 e. The van der Waals surface area contributed by atoms with Crippen molar-refractivity contribution in [2.45, 2.75) is 44.0 Å². The predicted molar refractivity (Wildman–Crippen MR) is 106 cm³/mol. The average Bonchev–Trinajstić information content (AvgIpc) is 2.69. The summed E-state index contributed by atoms with van der Waals surface area (Å²) in [5.41, 5.74) is 1.08. The van der Waals surface area contributed by atoms with Crippen LogP contribution >= 0.6 is 0 Å². The standard InChI is InChI=1S/C20H27N3O3S/c1-3-26-18-9-7-8-17(14-18)16(2)22-20-11-10-19(15-21-20)27(24,25)23-12-5-4-6-13-23/h7-11,14-16H,3-6,12-13H2,1-2H3,(H,21,22). The number of sulfonamides is 1. The first kappa shape index (κ1) is 19.6. The second-order valence-corrected chi connectivity index (χ2v) is 8.65. The highest BCUT2D eigenvalue weighted by Crippen LogP contribution is 2.24. The summed E-state index contributed by atoms with van der Waals surface area (Å²) in [5.74, 6) is 1.47. The molecule has 0 amide bonds. The maximum Gasteiger partial charge on any atom is 0.244 e. The van der Waals surface area contributed by atoms with Crippen molar-refractivity contribution in [3.05, 3.63) is 48.2 Å². The monoisotopic (exact) mass is 389 g/mol. The van der Waals surface area contributed by atoms with Crippen LogP contribution in [-0.4, -0.2) is 37.4 Å². The van der Waals surface area contributed by atoms with Crippen LogP contribution in [0.15, 0.2) is 47.5 Å². The summed E-state index contributed by atoms with van der Waals surface area (Å²) in [5, 5.41) is 3.31. The van der Waals surface area contributed by atoms with Crippen molar-refractivity contribution in [3.63, 3.8) is 0 Å². The Balaban J connectivity index is 1.69. The van der Waals surface area contributed by atoms with Crippen LogP contribution in [0.25, 0.3) is 0 Å². The zero-order valence-electron chi connectivity index (χ0n) is 15.9. The van der Waals surface area contributed by atoms with Crippen LogP contribution in [0.2, 0.25) is 0 Å². The number of nitrogens with zero attached hydrogens (tertiary/aromatic N) is 2. The van der Waals surface area contributed by atoms with Crippen LogP contribution in [0.1, 0.15) is 44.7 Å². The van der Waals surface area contributed by atoms with E-state index in [0.29, 0.717) is 25.5 Å². The maximum absolute atomic E-state index is 12.7. The lowest BCUT2D eigenvalue weighted by Gasteiger charge is -2.25. The van der Waals surface area contributed by atoms with E-state index in [0.717, 1.165) is 30.6 Å². The third-order valence-electron chi connectivity index (χ3n) is 4.72. The van der Waals surface area contributed by atoms with Crippen molar-refractivity contribution in [2.24, 2.45) is 0 Å². The molecule has 1 saturated heterocycles. The van der Waals surface area contributed by atoms with E-state index >= 15 is 0 Å². The van der Waals surface area contributed by atoms with Crippen LogP contribution in [0, 0.1) is 0 Å². The summed E-state index contributed by atoms with van der Waals surface area (Å²) >= 11 is 0. The van der Waals surface area contributed by atoms with Crippen molar-refractivity contribution in [1.82, 2.24) is 9.29 Å². The highest BCUT2D eigenvalue weighted by Gasteiger charge is 2.26. The molecule has 1 fully saturated rings. The highest BCUT2D eigenvalue weighted by atomic mass is 32.2. The highest BCUT2D eigenvalue weighted by molar-refractivity contribution is 7.89. The molecule has 27 heavy (non-hydrogen) atoms. The molecule has 146 valence electrons. The number of rotatable bonds is 7. The molecule has 1 aromatic heterocycles. The molecule has 0 spiro atoms. The molecular formula is C20H27N3O3S. The predicted octanol–water partition coefficient (Wildman–Crippen LogP) is 3.83. The molecule has 0 saturated carbocycles. The SMILES string of the molecule is CCOc1cccc(C(C)Nc2ccc(S(=O)(=O)N3CCCCC3)cn2)c1. The van der Waals surface area contributed by atoms with Crippen LogP contribution in [0.4, 0.5) is 5.82 Å². The lowest BCUT2D eigenvalue weighted by Crippen LogP contribution is -2.35. The van der Waals surface area contributed by atoms with Gasteiger partial charge in [0, 0.05) is 19.3 Å². The number of piperidine rings is 1. The van der Waals surface area contributed by atoms with Gasteiger partial charge in [0.1, 0.15) is 16.5 Å². The number of anilines is 1. The number of nitrogens with one attached hydrogen (secondary N) is 1. The fraction of sp³-hybridized carbons (Fsp3) is 0.450. The first-order valence-electron chi connectivity index (χ1n) is 9.46. The maximum atomic E-state index is 12.7. The Bertz CT molecular complexity index is 847. The Kier molecular flexibility index (Phi) is 6.34. The van der Waals surface area contributed by atoms with Gasteiger partial charge in [0.15, 0.2) is 0 Å². The van der Waals surface area contributed by atoms with Gasteiger partial charge in [-0.05, 0) is 56.5 Å². The first-order chi connectivity index (χ1) is 13.0. The molecule has 0 aliphatic carbocycles. The summed E-state index contributed by atoms with van der Waals surface area (Å²) in [6.45, 7) is 5.80. The fourth-order valence-corrected chi connectivity index (χ4v) is 4.68. The summed E-state index contributed by atoms with van der Waals surface area (Å²) in [6.07, 6.45) is 4.38. The van der Waals surface area contributed by atoms with E-state index in [4.69, 9.17) is 4.74 Å². The minimum absolute atomic E-state index is 0.0162. The van der Waals surface area contributed by atoms with Gasteiger partial charge in [-0.1, -0.05) is 18.6 Å². The van der Waals surface area contributed by atoms with Gasteiger partial charge in [0.05, 0.1) is 12.6 Å². The van der Waals surface area contributed by atoms with Gasteiger partial charge in [0.2, 0.25) is 10.0 Å². The summed E-state index contributed by atoms with van der Waals surface area (Å²) in [7, 11) is -3.44. The molecule has 7 heteroatoms. The summed E-state index contributed by atoms with van der Waals surface area (Å²) < 4.78 is 32.5. The van der Waals surface area contributed by atoms with E-state index in [-0.39, 0.29) is 10.9 Å². The van der Waals surface area contributed by atoms with E-state index in [1.54, 1.807) is 16.4 Å². The van der Waals surface area contributed by atoms with Gasteiger partial charge in [-0.2, -0.15) is 4.31 Å². The molecule has 3 rings (SSSR count). The molecule has 0 radical (unpaired) electrons. The zero-order valence-corrected chi connectivity index (χ0v) is 16.7. The largest absolute Gasteiger partial charge is 0.494 e. The van der Waals surface area contributed by atoms with E-state index in [9.17, 15) is 8.42 Å². The van der Waals surface area contributed by atoms with Crippen LogP contribution < -0.4 is 10.1 Å². The van der Waals surface area contributed by atoms with Crippen molar-refractivity contribution in [1.29, 1.82) is 0 Å². The quantitative estimate of drug-likeness (QED) is 0.779. The van der Waals surface area contributed by atoms with Crippen LogP contribution in [-0.2, 0) is 10.0 Å². The number of hydrogen-bond donors (Lipinski definition) is 1. The molecule has 0 bridgehead atoms. The van der Waals surface area contributed by atoms with Gasteiger partial charge in [-0.15, -0.1) is 0 Å². The van der Waals surface area contributed by atoms with Crippen LogP contribution in [0.3, 0.4) is 0 Å². The van der Waals surface area contributed by atoms with Gasteiger partial charge < -0.3 is 10.1 Å². The van der Waals surface area contributed by atoms with Gasteiger partial charge >= 0.3 is 0 Å². The number of ether oxygens (including phenoxy) is 1. The van der Waals surface area contributed by atoms with Gasteiger partial charge in [0.25, 0.3) is 0 Å². The topological polar surface area (TPSA) is 71.5 Å². The van der Waals surface area contributed by atoms with Crippen molar-refractivity contribution < 1.29 is 13.2 Å². The molecule has 1 unspecified atom stereocenters. The third-order valence-corrected chi connectivity index (χ3v) is 6.60. The second-order valence-electron chi connectivity index (χ2n) is 6.72. The molecule has 1 aromatic carbocycles. The minimum Gasteiger partial charge on any atom is -0.494 e. The van der Waals surface area contributed by atoms with E-state index < -0.39 is 10.0 Å². The average molecular weight is 390 g/mol. The molecule has 1 N–H and O–H groups in total. The summed E-state index contributed by atoms with van der Waals surface area (Å²) in [6, 6.07) is 11.3. The van der Waals surface area contributed by atoms with Crippen LogP contribution in [0.5, 0.6) is 5.75 Å². The molecule has 1 aliphatic rings. The summed E-state index contributed by atoms with van der Waals surface area (Å²) in [4.78, 5) is 4.57. The Morgan fingerprint density at radius 2 is 1.96 bits per heavy atom. The van der Waals surface area contributed by atoms with Gasteiger partial charge in [-0.3, -0.25) is 0 Å². The second kappa shape index (κ2) is 8.71. The lowest BCUT2D eigenvalue weighted by atomic mass is 10.1. The Morgan fingerprint density at radius 1 is 1.19 bits per heavy atom. The Morgan fingerprint density at radius 3 is 2.63 bits per heavy atom. The third kappa shape index (κ3) is 4.78.